The first kappa shape index (κ1) is 29.1. The number of nitrogens with zero attached hydrogens (tertiary/aromatic N) is 1. The maximum atomic E-state index is 14.2. The van der Waals surface area contributed by atoms with Gasteiger partial charge in [-0.25, -0.2) is 4.79 Å². The zero-order chi connectivity index (χ0) is 29.2. The van der Waals surface area contributed by atoms with Crippen LogP contribution in [0.1, 0.15) is 70.2 Å². The van der Waals surface area contributed by atoms with Crippen LogP contribution in [0.4, 0.5) is 10.5 Å². The summed E-state index contributed by atoms with van der Waals surface area (Å²) in [4.78, 5) is 42.7. The van der Waals surface area contributed by atoms with E-state index in [1.54, 1.807) is 25.7 Å². The molecule has 1 aliphatic carbocycles. The number of ether oxygens (including phenoxy) is 1. The van der Waals surface area contributed by atoms with Crippen molar-refractivity contribution in [2.75, 3.05) is 5.32 Å². The monoisotopic (exact) mass is 543 g/mol. The van der Waals surface area contributed by atoms with Crippen LogP contribution < -0.4 is 10.6 Å². The van der Waals surface area contributed by atoms with Crippen molar-refractivity contribution in [3.63, 3.8) is 0 Å². The van der Waals surface area contributed by atoms with Gasteiger partial charge in [0.05, 0.1) is 0 Å². The Morgan fingerprint density at radius 2 is 1.57 bits per heavy atom. The lowest BCUT2D eigenvalue weighted by Crippen LogP contribution is -2.55. The molecule has 2 N–H and O–H groups in total. The Hall–Kier alpha value is -3.87. The second kappa shape index (κ2) is 11.7. The van der Waals surface area contributed by atoms with Crippen molar-refractivity contribution in [2.24, 2.45) is 5.92 Å². The maximum Gasteiger partial charge on any atom is 0.408 e. The summed E-state index contributed by atoms with van der Waals surface area (Å²) in [6, 6.07) is 17.8. The number of carbonyl (C=O) groups is 3. The number of carbonyl (C=O) groups excluding carboxylic acids is 3. The Labute approximate surface area is 237 Å². The van der Waals surface area contributed by atoms with Crippen molar-refractivity contribution in [3.8, 4) is 0 Å². The molecule has 3 amide bonds. The predicted molar refractivity (Wildman–Crippen MR) is 159 cm³/mol. The van der Waals surface area contributed by atoms with Gasteiger partial charge in [-0.3, -0.25) is 9.59 Å². The molecule has 7 heteroatoms. The predicted octanol–water partition coefficient (Wildman–Crippen LogP) is 6.68. The van der Waals surface area contributed by atoms with Crippen LogP contribution in [0.15, 0.2) is 60.7 Å². The van der Waals surface area contributed by atoms with Crippen LogP contribution in [0.3, 0.4) is 0 Å². The van der Waals surface area contributed by atoms with E-state index in [-0.39, 0.29) is 23.8 Å². The van der Waals surface area contributed by atoms with Crippen LogP contribution in [0.5, 0.6) is 0 Å². The summed E-state index contributed by atoms with van der Waals surface area (Å²) >= 11 is 0. The number of amides is 3. The van der Waals surface area contributed by atoms with E-state index in [1.807, 2.05) is 88.4 Å². The molecule has 4 rings (SSSR count). The summed E-state index contributed by atoms with van der Waals surface area (Å²) in [5, 5.41) is 7.96. The first-order chi connectivity index (χ1) is 18.8. The molecular formula is C33H41N3O4. The Kier molecular flexibility index (Phi) is 8.52. The first-order valence-electron chi connectivity index (χ1n) is 14.0. The van der Waals surface area contributed by atoms with E-state index >= 15 is 0 Å². The van der Waals surface area contributed by atoms with Gasteiger partial charge >= 0.3 is 6.09 Å². The molecule has 0 spiro atoms. The highest BCUT2D eigenvalue weighted by molar-refractivity contribution is 6.00. The van der Waals surface area contributed by atoms with Gasteiger partial charge in [0.1, 0.15) is 17.7 Å². The van der Waals surface area contributed by atoms with Gasteiger partial charge in [-0.1, -0.05) is 62.4 Å². The molecule has 1 saturated carbocycles. The Bertz CT molecular complexity index is 1400. The number of anilines is 1. The average molecular weight is 544 g/mol. The van der Waals surface area contributed by atoms with Gasteiger partial charge in [-0.2, -0.15) is 0 Å². The minimum absolute atomic E-state index is 0.0943. The lowest BCUT2D eigenvalue weighted by atomic mass is 9.96. The molecule has 212 valence electrons. The molecule has 40 heavy (non-hydrogen) atoms. The zero-order valence-corrected chi connectivity index (χ0v) is 24.6. The first-order valence-corrected chi connectivity index (χ1v) is 14.0. The van der Waals surface area contributed by atoms with Crippen molar-refractivity contribution < 1.29 is 19.1 Å². The molecule has 2 atom stereocenters. The zero-order valence-electron chi connectivity index (χ0n) is 24.6. The fourth-order valence-electron chi connectivity index (χ4n) is 4.83. The number of benzene rings is 3. The lowest BCUT2D eigenvalue weighted by molar-refractivity contribution is -0.142. The minimum atomic E-state index is -0.868. The van der Waals surface area contributed by atoms with E-state index in [1.165, 1.54) is 0 Å². The van der Waals surface area contributed by atoms with E-state index in [9.17, 15) is 14.4 Å². The Morgan fingerprint density at radius 3 is 2.17 bits per heavy atom. The molecule has 3 aromatic rings. The van der Waals surface area contributed by atoms with Crippen molar-refractivity contribution in [1.82, 2.24) is 10.2 Å². The van der Waals surface area contributed by atoms with Gasteiger partial charge in [-0.05, 0) is 93.0 Å². The molecule has 2 unspecified atom stereocenters. The van der Waals surface area contributed by atoms with Gasteiger partial charge < -0.3 is 20.3 Å². The quantitative estimate of drug-likeness (QED) is 0.332. The van der Waals surface area contributed by atoms with Crippen LogP contribution in [-0.4, -0.2) is 40.5 Å². The largest absolute Gasteiger partial charge is 0.444 e. The van der Waals surface area contributed by atoms with Crippen LogP contribution in [0.25, 0.3) is 10.8 Å². The maximum absolute atomic E-state index is 14.2. The van der Waals surface area contributed by atoms with Gasteiger partial charge in [0.25, 0.3) is 5.91 Å². The number of rotatable bonds is 8. The number of hydrogen-bond donors (Lipinski definition) is 2. The normalized spacial score (nSPS) is 14.9. The second-order valence-electron chi connectivity index (χ2n) is 12.1. The summed E-state index contributed by atoms with van der Waals surface area (Å²) in [5.41, 5.74) is 2.84. The van der Waals surface area contributed by atoms with Gasteiger partial charge in [0.2, 0.25) is 5.91 Å². The summed E-state index contributed by atoms with van der Waals surface area (Å²) in [6.45, 7) is 13.1. The van der Waals surface area contributed by atoms with E-state index in [0.717, 1.165) is 40.3 Å². The third kappa shape index (κ3) is 7.00. The molecule has 0 heterocycles. The van der Waals surface area contributed by atoms with E-state index in [0.29, 0.717) is 5.69 Å². The Balaban J connectivity index is 1.71. The van der Waals surface area contributed by atoms with Crippen molar-refractivity contribution in [2.45, 2.75) is 85.0 Å². The molecule has 1 aliphatic rings. The molecule has 0 saturated heterocycles. The summed E-state index contributed by atoms with van der Waals surface area (Å²) in [6.07, 6.45) is 0.944. The summed E-state index contributed by atoms with van der Waals surface area (Å²) in [5.74, 6) is -0.802. The fourth-order valence-corrected chi connectivity index (χ4v) is 4.83. The summed E-state index contributed by atoms with van der Waals surface area (Å²) < 4.78 is 5.46. The van der Waals surface area contributed by atoms with Gasteiger partial charge in [0, 0.05) is 11.7 Å². The molecule has 0 aliphatic heterocycles. The highest BCUT2D eigenvalue weighted by Crippen LogP contribution is 2.37. The number of fused-ring (bicyclic) bond motifs is 1. The lowest BCUT2D eigenvalue weighted by Gasteiger charge is -2.36. The van der Waals surface area contributed by atoms with E-state index in [2.05, 4.69) is 10.6 Å². The number of nitrogens with one attached hydrogen (secondary N) is 2. The highest BCUT2D eigenvalue weighted by Gasteiger charge is 2.44. The van der Waals surface area contributed by atoms with Gasteiger partial charge in [-0.15, -0.1) is 0 Å². The minimum Gasteiger partial charge on any atom is -0.444 e. The smallest absolute Gasteiger partial charge is 0.408 e. The van der Waals surface area contributed by atoms with Crippen LogP contribution in [-0.2, 0) is 14.3 Å². The highest BCUT2D eigenvalue weighted by atomic mass is 16.6. The number of alkyl carbamates (subject to hydrolysis) is 1. The van der Waals surface area contributed by atoms with E-state index in [4.69, 9.17) is 4.74 Å². The molecule has 7 nitrogen and oxygen atoms in total. The third-order valence-electron chi connectivity index (χ3n) is 7.19. The topological polar surface area (TPSA) is 87.7 Å². The molecule has 0 aromatic heterocycles. The molecular weight excluding hydrogens is 502 g/mol. The molecule has 0 bridgehead atoms. The fraction of sp³-hybridized carbons (Fsp3) is 0.424. The van der Waals surface area contributed by atoms with Crippen molar-refractivity contribution >= 4 is 34.4 Å². The summed E-state index contributed by atoms with van der Waals surface area (Å²) in [7, 11) is 0. The Morgan fingerprint density at radius 1 is 0.900 bits per heavy atom. The average Bonchev–Trinajstić information content (AvgIpc) is 3.71. The second-order valence-corrected chi connectivity index (χ2v) is 12.1. The third-order valence-corrected chi connectivity index (χ3v) is 7.19. The number of hydrogen-bond acceptors (Lipinski definition) is 4. The molecule has 1 fully saturated rings. The van der Waals surface area contributed by atoms with Crippen LogP contribution in [0.2, 0.25) is 0 Å². The van der Waals surface area contributed by atoms with Gasteiger partial charge in [0.15, 0.2) is 0 Å². The van der Waals surface area contributed by atoms with E-state index < -0.39 is 23.8 Å². The molecule has 3 aromatic carbocycles. The SMILES string of the molecule is Cc1ccc(C(C(=O)Nc2ccc3ccccc3c2)N(C(=O)C(NC(=O)OC(C)(C)C)C(C)C)C2CC2)cc1C. The van der Waals surface area contributed by atoms with Crippen molar-refractivity contribution in [3.05, 3.63) is 77.4 Å². The van der Waals surface area contributed by atoms with Crippen LogP contribution in [0, 0.1) is 19.8 Å². The van der Waals surface area contributed by atoms with Crippen molar-refractivity contribution in [1.29, 1.82) is 0 Å². The molecule has 0 radical (unpaired) electrons. The van der Waals surface area contributed by atoms with Crippen LogP contribution >= 0.6 is 0 Å². The standard InChI is InChI=1S/C33H41N3O4/c1-20(2)28(35-32(39)40-33(5,6)7)31(38)36(27-16-17-27)29(25-13-12-21(3)22(4)18-25)30(37)34-26-15-14-23-10-8-9-11-24(23)19-26/h8-15,18-20,27-29H,16-17H2,1-7H3,(H,34,37)(H,35,39). The number of aryl methyl sites for hydroxylation is 2.